The molecule has 4 nitrogen and oxygen atoms in total. The standard InChI is InChI=1S/C17H15NO3/c19-16(18-10-11-21-17(18)20)12-14-8-4-5-9-15(14)13-6-2-1-3-7-13/h1-9H,10-12H2. The third-order valence-corrected chi connectivity index (χ3v) is 3.51. The first-order valence-electron chi connectivity index (χ1n) is 6.86. The predicted molar refractivity (Wildman–Crippen MR) is 78.6 cm³/mol. The molecule has 0 unspecified atom stereocenters. The number of carbonyl (C=O) groups excluding carboxylic acids is 2. The number of carbonyl (C=O) groups is 2. The molecule has 21 heavy (non-hydrogen) atoms. The highest BCUT2D eigenvalue weighted by atomic mass is 16.6. The normalized spacial score (nSPS) is 14.1. The molecule has 4 heteroatoms. The Morgan fingerprint density at radius 3 is 2.48 bits per heavy atom. The maximum atomic E-state index is 12.2. The molecule has 0 N–H and O–H groups in total. The van der Waals surface area contributed by atoms with E-state index in [1.54, 1.807) is 0 Å². The van der Waals surface area contributed by atoms with Gasteiger partial charge in [-0.25, -0.2) is 9.69 Å². The second kappa shape index (κ2) is 5.79. The van der Waals surface area contributed by atoms with Crippen molar-refractivity contribution in [1.82, 2.24) is 4.90 Å². The summed E-state index contributed by atoms with van der Waals surface area (Å²) >= 11 is 0. The van der Waals surface area contributed by atoms with Crippen molar-refractivity contribution in [3.63, 3.8) is 0 Å². The van der Waals surface area contributed by atoms with E-state index in [2.05, 4.69) is 0 Å². The van der Waals surface area contributed by atoms with Gasteiger partial charge >= 0.3 is 6.09 Å². The molecule has 0 aromatic heterocycles. The number of hydrogen-bond donors (Lipinski definition) is 0. The van der Waals surface area contributed by atoms with Crippen molar-refractivity contribution in [2.24, 2.45) is 0 Å². The molecular formula is C17H15NO3. The lowest BCUT2D eigenvalue weighted by molar-refractivity contribution is -0.127. The van der Waals surface area contributed by atoms with Crippen molar-refractivity contribution in [3.05, 3.63) is 60.2 Å². The van der Waals surface area contributed by atoms with Crippen LogP contribution in [0.3, 0.4) is 0 Å². The van der Waals surface area contributed by atoms with Gasteiger partial charge in [0.15, 0.2) is 0 Å². The minimum absolute atomic E-state index is 0.195. The van der Waals surface area contributed by atoms with E-state index in [0.29, 0.717) is 6.54 Å². The molecule has 2 amide bonds. The summed E-state index contributed by atoms with van der Waals surface area (Å²) in [6.45, 7) is 0.621. The summed E-state index contributed by atoms with van der Waals surface area (Å²) in [7, 11) is 0. The van der Waals surface area contributed by atoms with Gasteiger partial charge in [0.05, 0.1) is 13.0 Å². The number of rotatable bonds is 3. The average Bonchev–Trinajstić information content (AvgIpc) is 2.95. The van der Waals surface area contributed by atoms with Gasteiger partial charge in [-0.1, -0.05) is 54.6 Å². The number of hydrogen-bond acceptors (Lipinski definition) is 3. The Labute approximate surface area is 123 Å². The van der Waals surface area contributed by atoms with Gasteiger partial charge in [-0.05, 0) is 16.7 Å². The van der Waals surface area contributed by atoms with Crippen molar-refractivity contribution in [2.75, 3.05) is 13.2 Å². The molecule has 1 fully saturated rings. The topological polar surface area (TPSA) is 46.6 Å². The second-order valence-electron chi connectivity index (χ2n) is 4.86. The summed E-state index contributed by atoms with van der Waals surface area (Å²) in [5, 5.41) is 0. The quantitative estimate of drug-likeness (QED) is 0.869. The molecule has 2 aromatic carbocycles. The maximum Gasteiger partial charge on any atom is 0.416 e. The van der Waals surface area contributed by atoms with Crippen molar-refractivity contribution >= 4 is 12.0 Å². The molecule has 0 aliphatic carbocycles. The smallest absolute Gasteiger partial charge is 0.416 e. The van der Waals surface area contributed by atoms with Crippen molar-refractivity contribution < 1.29 is 14.3 Å². The molecule has 0 atom stereocenters. The monoisotopic (exact) mass is 281 g/mol. The summed E-state index contributed by atoms with van der Waals surface area (Å²) in [4.78, 5) is 24.8. The zero-order valence-electron chi connectivity index (χ0n) is 11.5. The lowest BCUT2D eigenvalue weighted by atomic mass is 9.97. The van der Waals surface area contributed by atoms with E-state index in [-0.39, 0.29) is 18.9 Å². The Kier molecular flexibility index (Phi) is 3.69. The first-order valence-corrected chi connectivity index (χ1v) is 6.86. The van der Waals surface area contributed by atoms with E-state index in [0.717, 1.165) is 16.7 Å². The van der Waals surface area contributed by atoms with E-state index >= 15 is 0 Å². The van der Waals surface area contributed by atoms with Crippen LogP contribution in [0.25, 0.3) is 11.1 Å². The van der Waals surface area contributed by atoms with E-state index in [4.69, 9.17) is 4.74 Å². The lowest BCUT2D eigenvalue weighted by Gasteiger charge is -2.13. The highest BCUT2D eigenvalue weighted by molar-refractivity contribution is 5.94. The maximum absolute atomic E-state index is 12.2. The van der Waals surface area contributed by atoms with Gasteiger partial charge in [0, 0.05) is 0 Å². The van der Waals surface area contributed by atoms with Crippen molar-refractivity contribution in [1.29, 1.82) is 0 Å². The van der Waals surface area contributed by atoms with Gasteiger partial charge in [-0.2, -0.15) is 0 Å². The van der Waals surface area contributed by atoms with Gasteiger partial charge in [0.1, 0.15) is 6.61 Å². The van der Waals surface area contributed by atoms with Crippen LogP contribution in [0, 0.1) is 0 Å². The van der Waals surface area contributed by atoms with E-state index < -0.39 is 6.09 Å². The highest BCUT2D eigenvalue weighted by Gasteiger charge is 2.28. The number of imide groups is 1. The zero-order valence-corrected chi connectivity index (χ0v) is 11.5. The van der Waals surface area contributed by atoms with Crippen LogP contribution in [-0.2, 0) is 16.0 Å². The molecule has 1 heterocycles. The summed E-state index contributed by atoms with van der Waals surface area (Å²) in [6, 6.07) is 17.6. The average molecular weight is 281 g/mol. The van der Waals surface area contributed by atoms with Crippen molar-refractivity contribution in [3.8, 4) is 11.1 Å². The number of ether oxygens (including phenoxy) is 1. The van der Waals surface area contributed by atoms with E-state index in [1.807, 2.05) is 54.6 Å². The molecular weight excluding hydrogens is 266 g/mol. The summed E-state index contributed by atoms with van der Waals surface area (Å²) in [5.74, 6) is -0.221. The Morgan fingerprint density at radius 2 is 1.76 bits per heavy atom. The molecule has 0 radical (unpaired) electrons. The molecule has 0 bridgehead atoms. The molecule has 1 aliphatic heterocycles. The molecule has 2 aromatic rings. The highest BCUT2D eigenvalue weighted by Crippen LogP contribution is 2.24. The Hall–Kier alpha value is -2.62. The fourth-order valence-corrected chi connectivity index (χ4v) is 2.45. The number of benzene rings is 2. The van der Waals surface area contributed by atoms with Gasteiger partial charge in [0.25, 0.3) is 0 Å². The fraction of sp³-hybridized carbons (Fsp3) is 0.176. The third kappa shape index (κ3) is 2.79. The van der Waals surface area contributed by atoms with Crippen LogP contribution in [-0.4, -0.2) is 30.1 Å². The molecule has 1 aliphatic rings. The van der Waals surface area contributed by atoms with Crippen LogP contribution < -0.4 is 0 Å². The fourth-order valence-electron chi connectivity index (χ4n) is 2.45. The number of cyclic esters (lactones) is 1. The van der Waals surface area contributed by atoms with Crippen LogP contribution >= 0.6 is 0 Å². The molecule has 3 rings (SSSR count). The van der Waals surface area contributed by atoms with Crippen LogP contribution in [0.4, 0.5) is 4.79 Å². The molecule has 106 valence electrons. The number of nitrogens with zero attached hydrogens (tertiary/aromatic N) is 1. The van der Waals surface area contributed by atoms with Gasteiger partial charge in [-0.15, -0.1) is 0 Å². The second-order valence-corrected chi connectivity index (χ2v) is 4.86. The van der Waals surface area contributed by atoms with E-state index in [9.17, 15) is 9.59 Å². The van der Waals surface area contributed by atoms with E-state index in [1.165, 1.54) is 4.90 Å². The Bertz CT molecular complexity index is 667. The first kappa shape index (κ1) is 13.4. The predicted octanol–water partition coefficient (Wildman–Crippen LogP) is 2.87. The van der Waals surface area contributed by atoms with Gasteiger partial charge in [0.2, 0.25) is 5.91 Å². The third-order valence-electron chi connectivity index (χ3n) is 3.51. The van der Waals surface area contributed by atoms with Crippen molar-refractivity contribution in [2.45, 2.75) is 6.42 Å². The largest absolute Gasteiger partial charge is 0.447 e. The minimum Gasteiger partial charge on any atom is -0.447 e. The van der Waals surface area contributed by atoms with Gasteiger partial charge < -0.3 is 4.74 Å². The summed E-state index contributed by atoms with van der Waals surface area (Å²) in [5.41, 5.74) is 2.98. The summed E-state index contributed by atoms with van der Waals surface area (Å²) < 4.78 is 4.81. The molecule has 0 saturated carbocycles. The molecule has 1 saturated heterocycles. The lowest BCUT2D eigenvalue weighted by Crippen LogP contribution is -2.32. The molecule has 0 spiro atoms. The number of amides is 2. The first-order chi connectivity index (χ1) is 10.3. The van der Waals surface area contributed by atoms with Crippen LogP contribution in [0.1, 0.15) is 5.56 Å². The zero-order chi connectivity index (χ0) is 14.7. The Balaban J connectivity index is 1.86. The van der Waals surface area contributed by atoms with Crippen LogP contribution in [0.5, 0.6) is 0 Å². The SMILES string of the molecule is O=C(Cc1ccccc1-c1ccccc1)N1CCOC1=O. The van der Waals surface area contributed by atoms with Crippen LogP contribution in [0.15, 0.2) is 54.6 Å². The Morgan fingerprint density at radius 1 is 1.05 bits per heavy atom. The minimum atomic E-state index is -0.544. The van der Waals surface area contributed by atoms with Gasteiger partial charge in [-0.3, -0.25) is 4.79 Å². The summed E-state index contributed by atoms with van der Waals surface area (Å²) in [6.07, 6.45) is -0.350. The van der Waals surface area contributed by atoms with Crippen LogP contribution in [0.2, 0.25) is 0 Å².